The van der Waals surface area contributed by atoms with Crippen LogP contribution in [-0.4, -0.2) is 43.7 Å². The van der Waals surface area contributed by atoms with Gasteiger partial charge in [0.25, 0.3) is 5.91 Å². The fraction of sp³-hybridized carbons (Fsp3) is 0.462. The van der Waals surface area contributed by atoms with Crippen molar-refractivity contribution in [1.29, 1.82) is 0 Å². The highest BCUT2D eigenvalue weighted by molar-refractivity contribution is 5.77. The minimum Gasteiger partial charge on any atom is -0.497 e. The van der Waals surface area contributed by atoms with Gasteiger partial charge < -0.3 is 19.5 Å². The van der Waals surface area contributed by atoms with Gasteiger partial charge in [-0.2, -0.15) is 0 Å². The van der Waals surface area contributed by atoms with E-state index in [1.807, 2.05) is 0 Å². The van der Waals surface area contributed by atoms with Gasteiger partial charge in [-0.25, -0.2) is 0 Å². The van der Waals surface area contributed by atoms with Crippen molar-refractivity contribution in [2.75, 3.05) is 27.8 Å². The van der Waals surface area contributed by atoms with E-state index in [4.69, 9.17) is 9.47 Å². The van der Waals surface area contributed by atoms with Crippen LogP contribution in [0, 0.1) is 0 Å². The highest BCUT2D eigenvalue weighted by Crippen LogP contribution is 2.29. The molecular weight excluding hydrogens is 234 g/mol. The molecule has 0 saturated carbocycles. The van der Waals surface area contributed by atoms with Crippen molar-refractivity contribution < 1.29 is 19.4 Å². The number of rotatable bonds is 5. The van der Waals surface area contributed by atoms with Crippen molar-refractivity contribution in [3.8, 4) is 11.5 Å². The third kappa shape index (κ3) is 3.63. The molecule has 1 rings (SSSR count). The highest BCUT2D eigenvalue weighted by Gasteiger charge is 2.12. The molecule has 0 heterocycles. The van der Waals surface area contributed by atoms with Crippen LogP contribution in [-0.2, 0) is 4.79 Å². The van der Waals surface area contributed by atoms with Crippen LogP contribution in [0.4, 0.5) is 0 Å². The molecule has 0 aliphatic rings. The van der Waals surface area contributed by atoms with Crippen molar-refractivity contribution in [1.82, 2.24) is 4.90 Å². The fourth-order valence-electron chi connectivity index (χ4n) is 1.38. The molecule has 18 heavy (non-hydrogen) atoms. The van der Waals surface area contributed by atoms with Crippen LogP contribution >= 0.6 is 0 Å². The number of aliphatic hydroxyl groups excluding tert-OH is 1. The van der Waals surface area contributed by atoms with Gasteiger partial charge >= 0.3 is 0 Å². The van der Waals surface area contributed by atoms with Gasteiger partial charge in [0.15, 0.2) is 6.61 Å². The Balaban J connectivity index is 2.87. The number of benzene rings is 1. The quantitative estimate of drug-likeness (QED) is 0.857. The topological polar surface area (TPSA) is 59.0 Å². The van der Waals surface area contributed by atoms with Gasteiger partial charge in [0.1, 0.15) is 11.5 Å². The van der Waals surface area contributed by atoms with Crippen LogP contribution in [0.15, 0.2) is 18.2 Å². The molecule has 0 bridgehead atoms. The van der Waals surface area contributed by atoms with Gasteiger partial charge in [0, 0.05) is 25.7 Å². The Labute approximate surface area is 107 Å². The Hall–Kier alpha value is -1.75. The first-order valence-corrected chi connectivity index (χ1v) is 5.64. The molecule has 0 aromatic heterocycles. The summed E-state index contributed by atoms with van der Waals surface area (Å²) in [4.78, 5) is 12.9. The molecule has 0 fully saturated rings. The average molecular weight is 253 g/mol. The minimum absolute atomic E-state index is 0.0696. The second-order valence-corrected chi connectivity index (χ2v) is 4.16. The van der Waals surface area contributed by atoms with Gasteiger partial charge in [0.2, 0.25) is 0 Å². The molecular formula is C13H19NO4. The van der Waals surface area contributed by atoms with Crippen molar-refractivity contribution >= 4 is 5.91 Å². The van der Waals surface area contributed by atoms with E-state index in [9.17, 15) is 9.90 Å². The van der Waals surface area contributed by atoms with Crippen molar-refractivity contribution in [2.24, 2.45) is 0 Å². The normalized spacial score (nSPS) is 11.8. The number of hydrogen-bond donors (Lipinski definition) is 1. The minimum atomic E-state index is -0.666. The zero-order valence-electron chi connectivity index (χ0n) is 11.1. The lowest BCUT2D eigenvalue weighted by molar-refractivity contribution is -0.130. The molecule has 1 aromatic carbocycles. The molecule has 100 valence electrons. The first kappa shape index (κ1) is 14.3. The molecule has 5 heteroatoms. The van der Waals surface area contributed by atoms with Crippen LogP contribution < -0.4 is 9.47 Å². The Morgan fingerprint density at radius 3 is 2.61 bits per heavy atom. The Kier molecular flexibility index (Phi) is 4.97. The van der Waals surface area contributed by atoms with Gasteiger partial charge in [0.05, 0.1) is 13.2 Å². The predicted molar refractivity (Wildman–Crippen MR) is 67.8 cm³/mol. The molecule has 0 spiro atoms. The number of carbonyl (C=O) groups is 1. The molecule has 0 aliphatic heterocycles. The molecule has 0 saturated heterocycles. The molecule has 0 radical (unpaired) electrons. The standard InChI is InChI=1S/C13H19NO4/c1-9(15)11-6-5-10(17-4)7-12(11)18-8-13(16)14(2)3/h5-7,9,15H,8H2,1-4H3/t9-/m1/s1. The zero-order chi connectivity index (χ0) is 13.7. The van der Waals surface area contributed by atoms with Gasteiger partial charge in [-0.3, -0.25) is 4.79 Å². The van der Waals surface area contributed by atoms with E-state index >= 15 is 0 Å². The van der Waals surface area contributed by atoms with Crippen molar-refractivity contribution in [2.45, 2.75) is 13.0 Å². The summed E-state index contributed by atoms with van der Waals surface area (Å²) in [5.74, 6) is 0.931. The number of methoxy groups -OCH3 is 1. The first-order chi connectivity index (χ1) is 8.45. The van der Waals surface area contributed by atoms with Gasteiger partial charge in [-0.05, 0) is 19.1 Å². The zero-order valence-corrected chi connectivity index (χ0v) is 11.1. The largest absolute Gasteiger partial charge is 0.497 e. The number of nitrogens with zero attached hydrogens (tertiary/aromatic N) is 1. The number of amides is 1. The van der Waals surface area contributed by atoms with E-state index < -0.39 is 6.10 Å². The summed E-state index contributed by atoms with van der Waals surface area (Å²) in [7, 11) is 4.87. The molecule has 0 unspecified atom stereocenters. The second kappa shape index (κ2) is 6.26. The number of hydrogen-bond acceptors (Lipinski definition) is 4. The average Bonchev–Trinajstić information content (AvgIpc) is 2.34. The Bertz CT molecular complexity index is 415. The summed E-state index contributed by atoms with van der Waals surface area (Å²) in [6.07, 6.45) is -0.666. The van der Waals surface area contributed by atoms with E-state index in [1.54, 1.807) is 46.3 Å². The summed E-state index contributed by atoms with van der Waals surface area (Å²) in [5, 5.41) is 9.63. The van der Waals surface area contributed by atoms with E-state index in [0.29, 0.717) is 17.1 Å². The molecule has 1 N–H and O–H groups in total. The summed E-state index contributed by atoms with van der Waals surface area (Å²) in [6.45, 7) is 1.57. The van der Waals surface area contributed by atoms with Crippen molar-refractivity contribution in [3.05, 3.63) is 23.8 Å². The van der Waals surface area contributed by atoms with E-state index in [-0.39, 0.29) is 12.5 Å². The van der Waals surface area contributed by atoms with Crippen molar-refractivity contribution in [3.63, 3.8) is 0 Å². The number of carbonyl (C=O) groups excluding carboxylic acids is 1. The highest BCUT2D eigenvalue weighted by atomic mass is 16.5. The molecule has 5 nitrogen and oxygen atoms in total. The van der Waals surface area contributed by atoms with Crippen LogP contribution in [0.1, 0.15) is 18.6 Å². The smallest absolute Gasteiger partial charge is 0.259 e. The summed E-state index contributed by atoms with van der Waals surface area (Å²) in [6, 6.07) is 5.12. The molecule has 1 amide bonds. The second-order valence-electron chi connectivity index (χ2n) is 4.16. The lowest BCUT2D eigenvalue weighted by atomic mass is 10.1. The fourth-order valence-corrected chi connectivity index (χ4v) is 1.38. The van der Waals surface area contributed by atoms with Gasteiger partial charge in [-0.15, -0.1) is 0 Å². The number of aliphatic hydroxyl groups is 1. The Morgan fingerprint density at radius 2 is 2.11 bits per heavy atom. The lowest BCUT2D eigenvalue weighted by Gasteiger charge is -2.16. The first-order valence-electron chi connectivity index (χ1n) is 5.64. The monoisotopic (exact) mass is 253 g/mol. The SMILES string of the molecule is COc1ccc([C@@H](C)O)c(OCC(=O)N(C)C)c1. The Morgan fingerprint density at radius 1 is 1.44 bits per heavy atom. The molecule has 1 atom stereocenters. The maximum atomic E-state index is 11.5. The third-order valence-corrected chi connectivity index (χ3v) is 2.52. The predicted octanol–water partition coefficient (Wildman–Crippen LogP) is 1.22. The summed E-state index contributed by atoms with van der Waals surface area (Å²) < 4.78 is 10.5. The summed E-state index contributed by atoms with van der Waals surface area (Å²) in [5.41, 5.74) is 0.627. The number of ether oxygens (including phenoxy) is 2. The van der Waals surface area contributed by atoms with E-state index in [2.05, 4.69) is 0 Å². The van der Waals surface area contributed by atoms with Gasteiger partial charge in [-0.1, -0.05) is 0 Å². The molecule has 0 aliphatic carbocycles. The van der Waals surface area contributed by atoms with Crippen LogP contribution in [0.25, 0.3) is 0 Å². The third-order valence-electron chi connectivity index (χ3n) is 2.52. The van der Waals surface area contributed by atoms with Crippen LogP contribution in [0.2, 0.25) is 0 Å². The lowest BCUT2D eigenvalue weighted by Crippen LogP contribution is -2.27. The number of likely N-dealkylation sites (N-methyl/N-ethyl adjacent to an activating group) is 1. The van der Waals surface area contributed by atoms with Crippen LogP contribution in [0.3, 0.4) is 0 Å². The maximum Gasteiger partial charge on any atom is 0.259 e. The summed E-state index contributed by atoms with van der Waals surface area (Å²) >= 11 is 0. The molecule has 1 aromatic rings. The maximum absolute atomic E-state index is 11.5. The van der Waals surface area contributed by atoms with E-state index in [1.165, 1.54) is 4.90 Å². The van der Waals surface area contributed by atoms with Crippen LogP contribution in [0.5, 0.6) is 11.5 Å². The van der Waals surface area contributed by atoms with E-state index in [0.717, 1.165) is 0 Å².